The quantitative estimate of drug-likeness (QED) is 0.784. The molecular weight excluding hydrogens is 209 g/mol. The van der Waals surface area contributed by atoms with Crippen molar-refractivity contribution < 1.29 is 0 Å². The van der Waals surface area contributed by atoms with Gasteiger partial charge in [-0.25, -0.2) is 9.97 Å². The Morgan fingerprint density at radius 3 is 2.46 bits per heavy atom. The van der Waals surface area contributed by atoms with Crippen LogP contribution >= 0.6 is 24.8 Å². The van der Waals surface area contributed by atoms with Crippen molar-refractivity contribution >= 4 is 24.8 Å². The van der Waals surface area contributed by atoms with E-state index < -0.39 is 0 Å². The first-order chi connectivity index (χ1) is 5.21. The van der Waals surface area contributed by atoms with Crippen molar-refractivity contribution in [3.63, 3.8) is 0 Å². The van der Waals surface area contributed by atoms with Gasteiger partial charge in [-0.05, 0) is 25.8 Å². The van der Waals surface area contributed by atoms with Gasteiger partial charge < -0.3 is 5.73 Å². The van der Waals surface area contributed by atoms with Crippen molar-refractivity contribution in [2.24, 2.45) is 5.73 Å². The summed E-state index contributed by atoms with van der Waals surface area (Å²) in [6.07, 6.45) is 3.89. The summed E-state index contributed by atoms with van der Waals surface area (Å²) in [5.74, 6) is 0.805. The summed E-state index contributed by atoms with van der Waals surface area (Å²) >= 11 is 0. The average Bonchev–Trinajstić information content (AvgIpc) is 2.70. The summed E-state index contributed by atoms with van der Waals surface area (Å²) < 4.78 is 0. The molecule has 1 heterocycles. The lowest BCUT2D eigenvalue weighted by atomic mass is 10.2. The summed E-state index contributed by atoms with van der Waals surface area (Å²) in [6.45, 7) is 1.88. The predicted octanol–water partition coefficient (Wildman–Crippen LogP) is 1.58. The Balaban J connectivity index is 0.000000720. The molecule has 1 saturated carbocycles. The number of aromatic nitrogens is 2. The van der Waals surface area contributed by atoms with Crippen LogP contribution in [0.15, 0.2) is 12.3 Å². The molecule has 0 spiro atoms. The summed E-state index contributed by atoms with van der Waals surface area (Å²) in [4.78, 5) is 8.29. The third kappa shape index (κ3) is 2.53. The SMILES string of the molecule is Cc1nccc(C2(N)CC2)n1.Cl.Cl. The summed E-state index contributed by atoms with van der Waals surface area (Å²) in [7, 11) is 0. The van der Waals surface area contributed by atoms with Gasteiger partial charge in [0.1, 0.15) is 5.82 Å². The molecule has 74 valence electrons. The van der Waals surface area contributed by atoms with E-state index in [4.69, 9.17) is 5.73 Å². The van der Waals surface area contributed by atoms with E-state index in [1.807, 2.05) is 13.0 Å². The van der Waals surface area contributed by atoms with E-state index in [0.717, 1.165) is 24.4 Å². The normalized spacial score (nSPS) is 16.8. The molecule has 0 unspecified atom stereocenters. The van der Waals surface area contributed by atoms with Gasteiger partial charge in [0.2, 0.25) is 0 Å². The van der Waals surface area contributed by atoms with Crippen molar-refractivity contribution in [2.75, 3.05) is 0 Å². The molecule has 0 atom stereocenters. The largest absolute Gasteiger partial charge is 0.320 e. The van der Waals surface area contributed by atoms with Gasteiger partial charge in [0.25, 0.3) is 0 Å². The van der Waals surface area contributed by atoms with Crippen molar-refractivity contribution in [3.8, 4) is 0 Å². The van der Waals surface area contributed by atoms with E-state index in [2.05, 4.69) is 9.97 Å². The Morgan fingerprint density at radius 2 is 2.00 bits per heavy atom. The minimum atomic E-state index is -0.117. The van der Waals surface area contributed by atoms with Crippen LogP contribution in [0.3, 0.4) is 0 Å². The van der Waals surface area contributed by atoms with Crippen LogP contribution < -0.4 is 5.73 Å². The van der Waals surface area contributed by atoms with Gasteiger partial charge in [-0.2, -0.15) is 0 Å². The molecule has 2 rings (SSSR count). The lowest BCUT2D eigenvalue weighted by Gasteiger charge is -2.06. The fourth-order valence-electron chi connectivity index (χ4n) is 1.12. The number of hydrogen-bond acceptors (Lipinski definition) is 3. The first-order valence-corrected chi connectivity index (χ1v) is 3.80. The molecule has 2 N–H and O–H groups in total. The second kappa shape index (κ2) is 4.22. The van der Waals surface area contributed by atoms with E-state index >= 15 is 0 Å². The third-order valence-electron chi connectivity index (χ3n) is 2.07. The zero-order valence-corrected chi connectivity index (χ0v) is 8.99. The Kier molecular flexibility index (Phi) is 4.10. The second-order valence-electron chi connectivity index (χ2n) is 3.15. The second-order valence-corrected chi connectivity index (χ2v) is 3.15. The Hall–Kier alpha value is -0.380. The minimum absolute atomic E-state index is 0. The van der Waals surface area contributed by atoms with Crippen LogP contribution in [0, 0.1) is 6.92 Å². The molecular formula is C8H13Cl2N3. The molecule has 3 nitrogen and oxygen atoms in total. The monoisotopic (exact) mass is 221 g/mol. The zero-order valence-electron chi connectivity index (χ0n) is 7.36. The smallest absolute Gasteiger partial charge is 0.125 e. The van der Waals surface area contributed by atoms with Gasteiger partial charge in [0.15, 0.2) is 0 Å². The molecule has 1 aliphatic carbocycles. The fourth-order valence-corrected chi connectivity index (χ4v) is 1.12. The van der Waals surface area contributed by atoms with Gasteiger partial charge in [-0.1, -0.05) is 0 Å². The van der Waals surface area contributed by atoms with E-state index in [0.29, 0.717) is 0 Å². The number of nitrogens with zero attached hydrogens (tertiary/aromatic N) is 2. The average molecular weight is 222 g/mol. The van der Waals surface area contributed by atoms with Gasteiger partial charge >= 0.3 is 0 Å². The first kappa shape index (κ1) is 12.6. The number of rotatable bonds is 1. The lowest BCUT2D eigenvalue weighted by molar-refractivity contribution is 0.697. The molecule has 0 radical (unpaired) electrons. The third-order valence-corrected chi connectivity index (χ3v) is 2.07. The van der Waals surface area contributed by atoms with Crippen molar-refractivity contribution in [2.45, 2.75) is 25.3 Å². The maximum Gasteiger partial charge on any atom is 0.125 e. The highest BCUT2D eigenvalue weighted by molar-refractivity contribution is 5.85. The van der Waals surface area contributed by atoms with Gasteiger partial charge in [-0.3, -0.25) is 0 Å². The topological polar surface area (TPSA) is 51.8 Å². The molecule has 13 heavy (non-hydrogen) atoms. The highest BCUT2D eigenvalue weighted by Crippen LogP contribution is 2.41. The number of nitrogens with two attached hydrogens (primary N) is 1. The van der Waals surface area contributed by atoms with Crippen LogP contribution in [0.5, 0.6) is 0 Å². The van der Waals surface area contributed by atoms with Crippen LogP contribution in [0.4, 0.5) is 0 Å². The Bertz CT molecular complexity index is 286. The van der Waals surface area contributed by atoms with Crippen LogP contribution in [0.1, 0.15) is 24.4 Å². The molecule has 1 aromatic rings. The van der Waals surface area contributed by atoms with Crippen molar-refractivity contribution in [1.29, 1.82) is 0 Å². The van der Waals surface area contributed by atoms with Crippen molar-refractivity contribution in [3.05, 3.63) is 23.8 Å². The molecule has 0 saturated heterocycles. The highest BCUT2D eigenvalue weighted by atomic mass is 35.5. The molecule has 1 aromatic heterocycles. The van der Waals surface area contributed by atoms with Crippen molar-refractivity contribution in [1.82, 2.24) is 9.97 Å². The van der Waals surface area contributed by atoms with Crippen LogP contribution in [0.2, 0.25) is 0 Å². The van der Waals surface area contributed by atoms with E-state index in [1.165, 1.54) is 0 Å². The fraction of sp³-hybridized carbons (Fsp3) is 0.500. The molecule has 1 fully saturated rings. The highest BCUT2D eigenvalue weighted by Gasteiger charge is 2.41. The molecule has 0 bridgehead atoms. The van der Waals surface area contributed by atoms with Gasteiger partial charge in [-0.15, -0.1) is 24.8 Å². The Labute approximate surface area is 90.0 Å². The standard InChI is InChI=1S/C8H11N3.2ClH/c1-6-10-5-2-7(11-6)8(9)3-4-8;;/h2,5H,3-4,9H2,1H3;2*1H. The first-order valence-electron chi connectivity index (χ1n) is 3.80. The predicted molar refractivity (Wildman–Crippen MR) is 56.4 cm³/mol. The van der Waals surface area contributed by atoms with Crippen LogP contribution in [0.25, 0.3) is 0 Å². The number of halogens is 2. The van der Waals surface area contributed by atoms with E-state index in [1.54, 1.807) is 6.20 Å². The molecule has 0 aromatic carbocycles. The summed E-state index contributed by atoms with van der Waals surface area (Å²) in [5.41, 5.74) is 6.82. The Morgan fingerprint density at radius 1 is 1.38 bits per heavy atom. The molecule has 1 aliphatic rings. The number of hydrogen-bond donors (Lipinski definition) is 1. The maximum absolute atomic E-state index is 5.95. The minimum Gasteiger partial charge on any atom is -0.320 e. The van der Waals surface area contributed by atoms with Gasteiger partial charge in [0, 0.05) is 6.20 Å². The maximum atomic E-state index is 5.95. The number of aryl methyl sites for hydroxylation is 1. The molecule has 0 aliphatic heterocycles. The van der Waals surface area contributed by atoms with Gasteiger partial charge in [0.05, 0.1) is 11.2 Å². The molecule has 5 heteroatoms. The van der Waals surface area contributed by atoms with E-state index in [-0.39, 0.29) is 30.4 Å². The summed E-state index contributed by atoms with van der Waals surface area (Å²) in [6, 6.07) is 1.90. The van der Waals surface area contributed by atoms with Crippen LogP contribution in [-0.4, -0.2) is 9.97 Å². The van der Waals surface area contributed by atoms with Crippen LogP contribution in [-0.2, 0) is 5.54 Å². The summed E-state index contributed by atoms with van der Waals surface area (Å²) in [5, 5.41) is 0. The lowest BCUT2D eigenvalue weighted by Crippen LogP contribution is -2.20. The van der Waals surface area contributed by atoms with E-state index in [9.17, 15) is 0 Å². The zero-order chi connectivity index (χ0) is 7.90. The molecule has 0 amide bonds.